The van der Waals surface area contributed by atoms with Crippen molar-refractivity contribution in [2.75, 3.05) is 0 Å². The third kappa shape index (κ3) is 1.56. The van der Waals surface area contributed by atoms with E-state index in [2.05, 4.69) is 18.4 Å². The van der Waals surface area contributed by atoms with Crippen LogP contribution in [0.25, 0.3) is 10.9 Å². The molecule has 0 N–H and O–H groups in total. The van der Waals surface area contributed by atoms with Crippen molar-refractivity contribution < 1.29 is 4.92 Å². The predicted octanol–water partition coefficient (Wildman–Crippen LogP) is 3.44. The summed E-state index contributed by atoms with van der Waals surface area (Å²) < 4.78 is 2.18. The first-order chi connectivity index (χ1) is 7.50. The molecule has 1 aromatic heterocycles. The maximum absolute atomic E-state index is 10.7. The summed E-state index contributed by atoms with van der Waals surface area (Å²) in [6, 6.07) is 7.35. The normalized spacial score (nSPS) is 11.2. The van der Waals surface area contributed by atoms with E-state index in [1.165, 1.54) is 0 Å². The van der Waals surface area contributed by atoms with E-state index in [0.717, 1.165) is 16.6 Å². The van der Waals surface area contributed by atoms with E-state index in [9.17, 15) is 10.1 Å². The van der Waals surface area contributed by atoms with Crippen molar-refractivity contribution in [1.82, 2.24) is 4.57 Å². The van der Waals surface area contributed by atoms with Crippen LogP contribution in [0.4, 0.5) is 5.69 Å². The van der Waals surface area contributed by atoms with E-state index in [0.29, 0.717) is 6.04 Å². The van der Waals surface area contributed by atoms with Crippen molar-refractivity contribution in [2.24, 2.45) is 0 Å². The van der Waals surface area contributed by atoms with Gasteiger partial charge in [0, 0.05) is 34.8 Å². The van der Waals surface area contributed by atoms with Crippen LogP contribution >= 0.6 is 0 Å². The molecule has 0 aliphatic heterocycles. The molecule has 2 rings (SSSR count). The predicted molar refractivity (Wildman–Crippen MR) is 63.7 cm³/mol. The van der Waals surface area contributed by atoms with E-state index in [-0.39, 0.29) is 10.6 Å². The van der Waals surface area contributed by atoms with Gasteiger partial charge in [0.2, 0.25) is 0 Å². The fourth-order valence-corrected chi connectivity index (χ4v) is 2.16. The summed E-state index contributed by atoms with van der Waals surface area (Å²) in [5, 5.41) is 11.6. The van der Waals surface area contributed by atoms with Gasteiger partial charge < -0.3 is 4.57 Å². The lowest BCUT2D eigenvalue weighted by atomic mass is 10.2. The summed E-state index contributed by atoms with van der Waals surface area (Å²) in [6.45, 7) is 6.23. The summed E-state index contributed by atoms with van der Waals surface area (Å²) in [4.78, 5) is 10.3. The van der Waals surface area contributed by atoms with Gasteiger partial charge in [-0.3, -0.25) is 10.1 Å². The number of nitrogens with zero attached hydrogens (tertiary/aromatic N) is 2. The van der Waals surface area contributed by atoms with Gasteiger partial charge in [-0.25, -0.2) is 0 Å². The Morgan fingerprint density at radius 2 is 2.00 bits per heavy atom. The summed E-state index contributed by atoms with van der Waals surface area (Å²) >= 11 is 0. The molecule has 4 nitrogen and oxygen atoms in total. The maximum Gasteiger partial charge on any atom is 0.270 e. The fourth-order valence-electron chi connectivity index (χ4n) is 2.16. The number of aromatic nitrogens is 1. The molecule has 84 valence electrons. The Morgan fingerprint density at radius 3 is 2.56 bits per heavy atom. The Labute approximate surface area is 93.6 Å². The standard InChI is InChI=1S/C12H14N2O2/c1-8(2)13-9(3)6-10-7-11(14(15)16)4-5-12(10)13/h4-8H,1-3H3. The zero-order valence-electron chi connectivity index (χ0n) is 9.60. The zero-order valence-corrected chi connectivity index (χ0v) is 9.60. The highest BCUT2D eigenvalue weighted by Crippen LogP contribution is 2.26. The fraction of sp³-hybridized carbons (Fsp3) is 0.333. The first-order valence-electron chi connectivity index (χ1n) is 5.26. The molecule has 0 atom stereocenters. The van der Waals surface area contributed by atoms with Crippen molar-refractivity contribution >= 4 is 16.6 Å². The van der Waals surface area contributed by atoms with Crippen molar-refractivity contribution in [3.05, 3.63) is 40.1 Å². The molecule has 0 radical (unpaired) electrons. The van der Waals surface area contributed by atoms with E-state index >= 15 is 0 Å². The number of rotatable bonds is 2. The van der Waals surface area contributed by atoms with Crippen LogP contribution in [0, 0.1) is 17.0 Å². The highest BCUT2D eigenvalue weighted by atomic mass is 16.6. The monoisotopic (exact) mass is 218 g/mol. The van der Waals surface area contributed by atoms with Gasteiger partial charge in [-0.15, -0.1) is 0 Å². The summed E-state index contributed by atoms with van der Waals surface area (Å²) in [5.74, 6) is 0. The van der Waals surface area contributed by atoms with Crippen molar-refractivity contribution in [3.63, 3.8) is 0 Å². The molecule has 1 aromatic carbocycles. The number of non-ortho nitro benzene ring substituents is 1. The average molecular weight is 218 g/mol. The van der Waals surface area contributed by atoms with Crippen LogP contribution in [0.5, 0.6) is 0 Å². The number of benzene rings is 1. The number of nitro groups is 1. The van der Waals surface area contributed by atoms with Crippen LogP contribution in [0.15, 0.2) is 24.3 Å². The molecular weight excluding hydrogens is 204 g/mol. The summed E-state index contributed by atoms with van der Waals surface area (Å²) in [6.07, 6.45) is 0. The second kappa shape index (κ2) is 3.63. The molecule has 0 amide bonds. The van der Waals surface area contributed by atoms with Crippen LogP contribution in [0.2, 0.25) is 0 Å². The minimum Gasteiger partial charge on any atom is -0.342 e. The molecule has 0 unspecified atom stereocenters. The van der Waals surface area contributed by atoms with Gasteiger partial charge in [0.15, 0.2) is 0 Å². The first-order valence-corrected chi connectivity index (χ1v) is 5.26. The molecule has 1 heterocycles. The number of hydrogen-bond acceptors (Lipinski definition) is 2. The Bertz CT molecular complexity index is 555. The molecule has 0 spiro atoms. The number of hydrogen-bond donors (Lipinski definition) is 0. The third-order valence-electron chi connectivity index (χ3n) is 2.74. The Balaban J connectivity index is 2.70. The lowest BCUT2D eigenvalue weighted by molar-refractivity contribution is -0.384. The van der Waals surface area contributed by atoms with Gasteiger partial charge >= 0.3 is 0 Å². The van der Waals surface area contributed by atoms with Crippen LogP contribution < -0.4 is 0 Å². The Kier molecular flexibility index (Phi) is 2.42. The Morgan fingerprint density at radius 1 is 1.31 bits per heavy atom. The number of nitro benzene ring substituents is 1. The van der Waals surface area contributed by atoms with Crippen molar-refractivity contribution in [2.45, 2.75) is 26.8 Å². The minimum atomic E-state index is -0.360. The van der Waals surface area contributed by atoms with Crippen molar-refractivity contribution in [1.29, 1.82) is 0 Å². The lowest BCUT2D eigenvalue weighted by Gasteiger charge is -2.11. The van der Waals surface area contributed by atoms with Gasteiger partial charge in [0.1, 0.15) is 0 Å². The SMILES string of the molecule is Cc1cc2cc([N+](=O)[O-])ccc2n1C(C)C. The average Bonchev–Trinajstić information content (AvgIpc) is 2.51. The molecule has 4 heteroatoms. The first kappa shape index (κ1) is 10.7. The Hall–Kier alpha value is -1.84. The van der Waals surface area contributed by atoms with Crippen LogP contribution in [-0.4, -0.2) is 9.49 Å². The number of aryl methyl sites for hydroxylation is 1. The largest absolute Gasteiger partial charge is 0.342 e. The lowest BCUT2D eigenvalue weighted by Crippen LogP contribution is -2.01. The van der Waals surface area contributed by atoms with Crippen LogP contribution in [-0.2, 0) is 0 Å². The smallest absolute Gasteiger partial charge is 0.270 e. The molecule has 0 saturated heterocycles. The summed E-state index contributed by atoms with van der Waals surface area (Å²) in [7, 11) is 0. The second-order valence-corrected chi connectivity index (χ2v) is 4.25. The topological polar surface area (TPSA) is 48.1 Å². The summed E-state index contributed by atoms with van der Waals surface area (Å²) in [5.41, 5.74) is 2.33. The molecule has 0 bridgehead atoms. The molecule has 0 saturated carbocycles. The molecule has 0 fully saturated rings. The van der Waals surface area contributed by atoms with Gasteiger partial charge in [-0.2, -0.15) is 0 Å². The number of fused-ring (bicyclic) bond motifs is 1. The third-order valence-corrected chi connectivity index (χ3v) is 2.74. The highest BCUT2D eigenvalue weighted by molar-refractivity contribution is 5.83. The zero-order chi connectivity index (χ0) is 11.9. The van der Waals surface area contributed by atoms with Gasteiger partial charge in [0.05, 0.1) is 4.92 Å². The van der Waals surface area contributed by atoms with Gasteiger partial charge in [-0.1, -0.05) is 0 Å². The molecule has 16 heavy (non-hydrogen) atoms. The van der Waals surface area contributed by atoms with E-state index < -0.39 is 0 Å². The molecular formula is C12H14N2O2. The molecule has 0 aliphatic carbocycles. The van der Waals surface area contributed by atoms with E-state index in [1.807, 2.05) is 19.1 Å². The quantitative estimate of drug-likeness (QED) is 0.572. The molecule has 2 aromatic rings. The van der Waals surface area contributed by atoms with Gasteiger partial charge in [0.25, 0.3) is 5.69 Å². The van der Waals surface area contributed by atoms with E-state index in [4.69, 9.17) is 0 Å². The maximum atomic E-state index is 10.7. The van der Waals surface area contributed by atoms with Gasteiger partial charge in [-0.05, 0) is 32.9 Å². The molecule has 0 aliphatic rings. The second-order valence-electron chi connectivity index (χ2n) is 4.25. The highest BCUT2D eigenvalue weighted by Gasteiger charge is 2.12. The van der Waals surface area contributed by atoms with Crippen molar-refractivity contribution in [3.8, 4) is 0 Å². The van der Waals surface area contributed by atoms with Crippen LogP contribution in [0.3, 0.4) is 0 Å². The van der Waals surface area contributed by atoms with E-state index in [1.54, 1.807) is 12.1 Å². The van der Waals surface area contributed by atoms with Crippen LogP contribution in [0.1, 0.15) is 25.6 Å². The minimum absolute atomic E-state index is 0.147.